The van der Waals surface area contributed by atoms with Gasteiger partial charge in [0, 0.05) is 6.07 Å². The SMILES string of the molecule is Cc1ccc(Cl)c2c(=O)n(-c3cc(F)cc(F)c3)c([C@H](C)N)nc12. The van der Waals surface area contributed by atoms with Crippen LogP contribution in [0.1, 0.15) is 24.4 Å². The molecule has 0 aliphatic heterocycles. The molecular formula is C17H14ClF2N3O. The summed E-state index contributed by atoms with van der Waals surface area (Å²) in [5, 5.41) is 0.403. The molecule has 0 unspecified atom stereocenters. The molecule has 7 heteroatoms. The van der Waals surface area contributed by atoms with Crippen molar-refractivity contribution in [2.24, 2.45) is 5.73 Å². The molecular weight excluding hydrogens is 336 g/mol. The zero-order valence-electron chi connectivity index (χ0n) is 13.0. The molecule has 4 nitrogen and oxygen atoms in total. The standard InChI is InChI=1S/C17H14ClF2N3O/c1-8-3-4-13(18)14-15(8)22-16(9(2)21)23(17(14)24)12-6-10(19)5-11(20)7-12/h3-7,9H,21H2,1-2H3/t9-/m0/s1. The van der Waals surface area contributed by atoms with Crippen molar-refractivity contribution in [3.63, 3.8) is 0 Å². The minimum Gasteiger partial charge on any atom is -0.322 e. The monoisotopic (exact) mass is 349 g/mol. The molecule has 2 N–H and O–H groups in total. The van der Waals surface area contributed by atoms with E-state index in [4.69, 9.17) is 17.3 Å². The van der Waals surface area contributed by atoms with Crippen molar-refractivity contribution in [3.8, 4) is 5.69 Å². The third-order valence-corrected chi connectivity index (χ3v) is 4.03. The molecule has 0 spiro atoms. The second-order valence-electron chi connectivity index (χ2n) is 5.61. The largest absolute Gasteiger partial charge is 0.322 e. The third kappa shape index (κ3) is 2.68. The van der Waals surface area contributed by atoms with Crippen LogP contribution in [0.25, 0.3) is 16.6 Å². The number of rotatable bonds is 2. The number of aromatic nitrogens is 2. The van der Waals surface area contributed by atoms with Crippen LogP contribution in [0, 0.1) is 18.6 Å². The smallest absolute Gasteiger partial charge is 0.267 e. The van der Waals surface area contributed by atoms with E-state index in [1.54, 1.807) is 26.0 Å². The zero-order valence-corrected chi connectivity index (χ0v) is 13.7. The van der Waals surface area contributed by atoms with E-state index in [1.165, 1.54) is 0 Å². The highest BCUT2D eigenvalue weighted by atomic mass is 35.5. The summed E-state index contributed by atoms with van der Waals surface area (Å²) in [5.74, 6) is -1.41. The second kappa shape index (κ2) is 5.96. The lowest BCUT2D eigenvalue weighted by Crippen LogP contribution is -2.28. The van der Waals surface area contributed by atoms with Gasteiger partial charge in [-0.3, -0.25) is 9.36 Å². The highest BCUT2D eigenvalue weighted by Gasteiger charge is 2.19. The maximum atomic E-state index is 13.6. The number of hydrogen-bond acceptors (Lipinski definition) is 3. The van der Waals surface area contributed by atoms with Gasteiger partial charge in [0.2, 0.25) is 0 Å². The van der Waals surface area contributed by atoms with E-state index in [-0.39, 0.29) is 21.9 Å². The Labute approximate surface area is 141 Å². The molecule has 0 radical (unpaired) electrons. The van der Waals surface area contributed by atoms with E-state index in [0.717, 1.165) is 28.3 Å². The van der Waals surface area contributed by atoms with Crippen LogP contribution in [0.3, 0.4) is 0 Å². The van der Waals surface area contributed by atoms with Gasteiger partial charge in [-0.2, -0.15) is 0 Å². The Morgan fingerprint density at radius 3 is 2.42 bits per heavy atom. The highest BCUT2D eigenvalue weighted by Crippen LogP contribution is 2.25. The Balaban J connectivity index is 2.51. The topological polar surface area (TPSA) is 60.9 Å². The number of benzene rings is 2. The molecule has 0 aliphatic rings. The van der Waals surface area contributed by atoms with Gasteiger partial charge in [0.25, 0.3) is 5.56 Å². The first-order chi connectivity index (χ1) is 11.3. The van der Waals surface area contributed by atoms with Gasteiger partial charge in [-0.1, -0.05) is 17.7 Å². The maximum absolute atomic E-state index is 13.6. The summed E-state index contributed by atoms with van der Waals surface area (Å²) in [5.41, 5.74) is 6.60. The molecule has 2 aromatic carbocycles. The molecule has 0 saturated carbocycles. The molecule has 0 bridgehead atoms. The van der Waals surface area contributed by atoms with Crippen molar-refractivity contribution < 1.29 is 8.78 Å². The van der Waals surface area contributed by atoms with Crippen LogP contribution in [0.2, 0.25) is 5.02 Å². The first-order valence-electron chi connectivity index (χ1n) is 7.23. The van der Waals surface area contributed by atoms with Crippen LogP contribution in [0.15, 0.2) is 35.1 Å². The normalized spacial score (nSPS) is 12.6. The van der Waals surface area contributed by atoms with E-state index >= 15 is 0 Å². The number of fused-ring (bicyclic) bond motifs is 1. The molecule has 3 rings (SSSR count). The van der Waals surface area contributed by atoms with E-state index in [1.807, 2.05) is 0 Å². The quantitative estimate of drug-likeness (QED) is 0.768. The molecule has 3 aromatic rings. The fourth-order valence-corrected chi connectivity index (χ4v) is 2.86. The lowest BCUT2D eigenvalue weighted by Gasteiger charge is -2.17. The Morgan fingerprint density at radius 2 is 1.83 bits per heavy atom. The fraction of sp³-hybridized carbons (Fsp3) is 0.176. The van der Waals surface area contributed by atoms with Gasteiger partial charge < -0.3 is 5.73 Å². The maximum Gasteiger partial charge on any atom is 0.267 e. The van der Waals surface area contributed by atoms with E-state index in [0.29, 0.717) is 5.52 Å². The predicted molar refractivity (Wildman–Crippen MR) is 89.6 cm³/mol. The zero-order chi connectivity index (χ0) is 17.6. The summed E-state index contributed by atoms with van der Waals surface area (Å²) in [6.07, 6.45) is 0. The highest BCUT2D eigenvalue weighted by molar-refractivity contribution is 6.35. The Kier molecular flexibility index (Phi) is 4.11. The number of nitrogens with two attached hydrogens (primary N) is 1. The minimum atomic E-state index is -0.803. The summed E-state index contributed by atoms with van der Waals surface area (Å²) in [4.78, 5) is 17.4. The number of halogens is 3. The lowest BCUT2D eigenvalue weighted by atomic mass is 10.1. The van der Waals surface area contributed by atoms with Gasteiger partial charge in [0.1, 0.15) is 17.5 Å². The Bertz CT molecular complexity index is 995. The average molecular weight is 350 g/mol. The summed E-state index contributed by atoms with van der Waals surface area (Å²) in [6, 6.07) is 5.53. The van der Waals surface area contributed by atoms with Crippen molar-refractivity contribution >= 4 is 22.5 Å². The summed E-state index contributed by atoms with van der Waals surface area (Å²) in [6.45, 7) is 3.43. The number of aryl methyl sites for hydroxylation is 1. The van der Waals surface area contributed by atoms with Gasteiger partial charge in [0.05, 0.1) is 27.7 Å². The predicted octanol–water partition coefficient (Wildman–Crippen LogP) is 3.65. The van der Waals surface area contributed by atoms with E-state index in [9.17, 15) is 13.6 Å². The van der Waals surface area contributed by atoms with Crippen molar-refractivity contribution in [1.29, 1.82) is 0 Å². The lowest BCUT2D eigenvalue weighted by molar-refractivity contribution is 0.579. The fourth-order valence-electron chi connectivity index (χ4n) is 2.62. The molecule has 1 atom stereocenters. The summed E-state index contributed by atoms with van der Waals surface area (Å²) in [7, 11) is 0. The number of nitrogens with zero attached hydrogens (tertiary/aromatic N) is 2. The summed E-state index contributed by atoms with van der Waals surface area (Å²) < 4.78 is 28.3. The van der Waals surface area contributed by atoms with Gasteiger partial charge >= 0.3 is 0 Å². The second-order valence-corrected chi connectivity index (χ2v) is 6.02. The van der Waals surface area contributed by atoms with Crippen molar-refractivity contribution in [1.82, 2.24) is 9.55 Å². The van der Waals surface area contributed by atoms with Crippen molar-refractivity contribution in [2.75, 3.05) is 0 Å². The van der Waals surface area contributed by atoms with E-state index < -0.39 is 23.2 Å². The van der Waals surface area contributed by atoms with Gasteiger partial charge in [-0.25, -0.2) is 13.8 Å². The van der Waals surface area contributed by atoms with Crippen LogP contribution in [0.4, 0.5) is 8.78 Å². The molecule has 0 amide bonds. The summed E-state index contributed by atoms with van der Waals surface area (Å²) >= 11 is 6.16. The van der Waals surface area contributed by atoms with Crippen LogP contribution < -0.4 is 11.3 Å². The van der Waals surface area contributed by atoms with Gasteiger partial charge in [-0.15, -0.1) is 0 Å². The van der Waals surface area contributed by atoms with Crippen LogP contribution >= 0.6 is 11.6 Å². The van der Waals surface area contributed by atoms with Crippen LogP contribution in [-0.4, -0.2) is 9.55 Å². The Morgan fingerprint density at radius 1 is 1.21 bits per heavy atom. The van der Waals surface area contributed by atoms with E-state index in [2.05, 4.69) is 4.98 Å². The first kappa shape index (κ1) is 16.5. The molecule has 1 heterocycles. The van der Waals surface area contributed by atoms with Gasteiger partial charge in [-0.05, 0) is 37.6 Å². The average Bonchev–Trinajstić information content (AvgIpc) is 2.49. The van der Waals surface area contributed by atoms with Crippen LogP contribution in [-0.2, 0) is 0 Å². The molecule has 1 aromatic heterocycles. The molecule has 0 aliphatic carbocycles. The first-order valence-corrected chi connectivity index (χ1v) is 7.61. The molecule has 0 fully saturated rings. The Hall–Kier alpha value is -2.31. The van der Waals surface area contributed by atoms with Gasteiger partial charge in [0.15, 0.2) is 0 Å². The molecule has 24 heavy (non-hydrogen) atoms. The molecule has 124 valence electrons. The number of hydrogen-bond donors (Lipinski definition) is 1. The van der Waals surface area contributed by atoms with Crippen LogP contribution in [0.5, 0.6) is 0 Å². The minimum absolute atomic E-state index is 0.0109. The van der Waals surface area contributed by atoms with Crippen molar-refractivity contribution in [3.05, 3.63) is 68.7 Å². The van der Waals surface area contributed by atoms with Crippen molar-refractivity contribution in [2.45, 2.75) is 19.9 Å². The molecule has 0 saturated heterocycles. The third-order valence-electron chi connectivity index (χ3n) is 3.71.